The second-order valence-corrected chi connectivity index (χ2v) is 4.15. The summed E-state index contributed by atoms with van der Waals surface area (Å²) in [5.41, 5.74) is 0. The molecule has 0 aromatic heterocycles. The van der Waals surface area contributed by atoms with Crippen LogP contribution in [-0.2, 0) is 9.47 Å². The highest BCUT2D eigenvalue weighted by atomic mass is 16.5. The largest absolute Gasteiger partial charge is 0.382 e. The van der Waals surface area contributed by atoms with E-state index in [0.717, 1.165) is 59.0 Å². The Bertz CT molecular complexity index is 145. The lowest BCUT2D eigenvalue weighted by Crippen LogP contribution is -2.32. The van der Waals surface area contributed by atoms with Gasteiger partial charge in [-0.1, -0.05) is 0 Å². The van der Waals surface area contributed by atoms with Crippen molar-refractivity contribution in [2.24, 2.45) is 0 Å². The van der Waals surface area contributed by atoms with Crippen LogP contribution < -0.4 is 5.32 Å². The van der Waals surface area contributed by atoms with E-state index in [4.69, 9.17) is 9.47 Å². The molecule has 0 fully saturated rings. The number of rotatable bonds is 13. The minimum atomic E-state index is 0.811. The predicted molar refractivity (Wildman–Crippen MR) is 72.6 cm³/mol. The predicted octanol–water partition coefficient (Wildman–Crippen LogP) is 1.36. The van der Waals surface area contributed by atoms with E-state index in [1.807, 2.05) is 13.8 Å². The second-order valence-electron chi connectivity index (χ2n) is 4.15. The highest BCUT2D eigenvalue weighted by molar-refractivity contribution is 4.54. The van der Waals surface area contributed by atoms with Gasteiger partial charge in [-0.05, 0) is 40.3 Å². The molecule has 0 amide bonds. The summed E-state index contributed by atoms with van der Waals surface area (Å²) in [5.74, 6) is 0. The highest BCUT2D eigenvalue weighted by Crippen LogP contribution is 1.88. The van der Waals surface area contributed by atoms with Crippen molar-refractivity contribution in [3.05, 3.63) is 0 Å². The quantitative estimate of drug-likeness (QED) is 0.498. The molecule has 1 N–H and O–H groups in total. The molecule has 0 radical (unpaired) electrons. The molecule has 0 bridgehead atoms. The number of ether oxygens (including phenoxy) is 2. The van der Waals surface area contributed by atoms with Crippen LogP contribution in [0.1, 0.15) is 26.7 Å². The van der Waals surface area contributed by atoms with Crippen LogP contribution >= 0.6 is 0 Å². The van der Waals surface area contributed by atoms with Gasteiger partial charge in [0.1, 0.15) is 0 Å². The Labute approximate surface area is 107 Å². The van der Waals surface area contributed by atoms with E-state index in [0.29, 0.717) is 0 Å². The van der Waals surface area contributed by atoms with Gasteiger partial charge in [0.25, 0.3) is 0 Å². The van der Waals surface area contributed by atoms with E-state index in [2.05, 4.69) is 17.3 Å². The molecule has 0 aromatic carbocycles. The van der Waals surface area contributed by atoms with E-state index in [1.165, 1.54) is 6.42 Å². The minimum Gasteiger partial charge on any atom is -0.382 e. The molecule has 0 aromatic rings. The number of nitrogens with one attached hydrogen (secondary N) is 1. The SMILES string of the molecule is CCOCCCCNCCN(C)CCOCC. The van der Waals surface area contributed by atoms with Gasteiger partial charge in [-0.15, -0.1) is 0 Å². The van der Waals surface area contributed by atoms with E-state index < -0.39 is 0 Å². The molecule has 0 heterocycles. The highest BCUT2D eigenvalue weighted by Gasteiger charge is 1.97. The van der Waals surface area contributed by atoms with Crippen LogP contribution in [0.2, 0.25) is 0 Å². The summed E-state index contributed by atoms with van der Waals surface area (Å²) in [6.07, 6.45) is 2.35. The fourth-order valence-electron chi connectivity index (χ4n) is 1.47. The van der Waals surface area contributed by atoms with Gasteiger partial charge in [-0.3, -0.25) is 0 Å². The van der Waals surface area contributed by atoms with Gasteiger partial charge in [-0.25, -0.2) is 0 Å². The van der Waals surface area contributed by atoms with Gasteiger partial charge in [0.15, 0.2) is 0 Å². The molecule has 4 heteroatoms. The van der Waals surface area contributed by atoms with Crippen molar-refractivity contribution in [3.63, 3.8) is 0 Å². The summed E-state index contributed by atoms with van der Waals surface area (Å²) in [6.45, 7) is 11.7. The normalized spacial score (nSPS) is 11.3. The van der Waals surface area contributed by atoms with Gasteiger partial charge in [0.2, 0.25) is 0 Å². The Morgan fingerprint density at radius 1 is 0.882 bits per heavy atom. The molecular weight excluding hydrogens is 216 g/mol. The topological polar surface area (TPSA) is 33.7 Å². The molecule has 0 aliphatic carbocycles. The first-order valence-corrected chi connectivity index (χ1v) is 6.86. The average Bonchev–Trinajstić information content (AvgIpc) is 2.33. The van der Waals surface area contributed by atoms with Crippen molar-refractivity contribution in [2.75, 3.05) is 59.7 Å². The van der Waals surface area contributed by atoms with Crippen molar-refractivity contribution in [1.82, 2.24) is 10.2 Å². The summed E-state index contributed by atoms with van der Waals surface area (Å²) in [7, 11) is 2.13. The van der Waals surface area contributed by atoms with Crippen LogP contribution in [0, 0.1) is 0 Å². The molecule has 17 heavy (non-hydrogen) atoms. The Morgan fingerprint density at radius 3 is 2.29 bits per heavy atom. The van der Waals surface area contributed by atoms with Crippen LogP contribution in [-0.4, -0.2) is 64.6 Å². The van der Waals surface area contributed by atoms with Crippen LogP contribution in [0.4, 0.5) is 0 Å². The number of nitrogens with zero attached hydrogens (tertiary/aromatic N) is 1. The Balaban J connectivity index is 3.05. The third-order valence-corrected chi connectivity index (χ3v) is 2.59. The average molecular weight is 246 g/mol. The molecule has 0 saturated carbocycles. The number of hydrogen-bond acceptors (Lipinski definition) is 4. The van der Waals surface area contributed by atoms with E-state index in [-0.39, 0.29) is 0 Å². The lowest BCUT2D eigenvalue weighted by Gasteiger charge is -2.16. The zero-order chi connectivity index (χ0) is 12.8. The summed E-state index contributed by atoms with van der Waals surface area (Å²) in [6, 6.07) is 0. The molecule has 0 aliphatic rings. The Hall–Kier alpha value is -0.160. The van der Waals surface area contributed by atoms with E-state index >= 15 is 0 Å². The van der Waals surface area contributed by atoms with Crippen LogP contribution in [0.25, 0.3) is 0 Å². The first-order valence-electron chi connectivity index (χ1n) is 6.86. The summed E-state index contributed by atoms with van der Waals surface area (Å²) >= 11 is 0. The summed E-state index contributed by atoms with van der Waals surface area (Å²) in [4.78, 5) is 2.29. The lowest BCUT2D eigenvalue weighted by molar-refractivity contribution is 0.122. The lowest BCUT2D eigenvalue weighted by atomic mass is 10.3. The molecular formula is C13H30N2O2. The maximum Gasteiger partial charge on any atom is 0.0593 e. The fraction of sp³-hybridized carbons (Fsp3) is 1.00. The van der Waals surface area contributed by atoms with Crippen molar-refractivity contribution in [3.8, 4) is 0 Å². The van der Waals surface area contributed by atoms with Crippen molar-refractivity contribution < 1.29 is 9.47 Å². The first kappa shape index (κ1) is 16.8. The third kappa shape index (κ3) is 13.8. The van der Waals surface area contributed by atoms with Crippen LogP contribution in [0.15, 0.2) is 0 Å². The van der Waals surface area contributed by atoms with Crippen LogP contribution in [0.3, 0.4) is 0 Å². The molecule has 0 saturated heterocycles. The zero-order valence-corrected chi connectivity index (χ0v) is 11.8. The Kier molecular flexibility index (Phi) is 13.8. The number of hydrogen-bond donors (Lipinski definition) is 1. The van der Waals surface area contributed by atoms with Gasteiger partial charge in [0.05, 0.1) is 6.61 Å². The van der Waals surface area contributed by atoms with Gasteiger partial charge in [0, 0.05) is 39.5 Å². The molecule has 4 nitrogen and oxygen atoms in total. The summed E-state index contributed by atoms with van der Waals surface area (Å²) in [5, 5.41) is 3.45. The Morgan fingerprint density at radius 2 is 1.59 bits per heavy atom. The van der Waals surface area contributed by atoms with Gasteiger partial charge >= 0.3 is 0 Å². The molecule has 0 atom stereocenters. The number of unbranched alkanes of at least 4 members (excludes halogenated alkanes) is 1. The monoisotopic (exact) mass is 246 g/mol. The van der Waals surface area contributed by atoms with E-state index in [9.17, 15) is 0 Å². The third-order valence-electron chi connectivity index (χ3n) is 2.59. The smallest absolute Gasteiger partial charge is 0.0593 e. The fourth-order valence-corrected chi connectivity index (χ4v) is 1.47. The summed E-state index contributed by atoms with van der Waals surface area (Å²) < 4.78 is 10.6. The van der Waals surface area contributed by atoms with E-state index in [1.54, 1.807) is 0 Å². The van der Waals surface area contributed by atoms with Gasteiger partial charge in [-0.2, -0.15) is 0 Å². The maximum atomic E-state index is 5.31. The first-order chi connectivity index (χ1) is 8.31. The molecule has 0 unspecified atom stereocenters. The molecule has 104 valence electrons. The molecule has 0 aliphatic heterocycles. The zero-order valence-electron chi connectivity index (χ0n) is 11.8. The standard InChI is InChI=1S/C13H30N2O2/c1-4-16-12-7-6-8-14-9-10-15(3)11-13-17-5-2/h14H,4-13H2,1-3H3. The number of likely N-dealkylation sites (N-methyl/N-ethyl adjacent to an activating group) is 1. The minimum absolute atomic E-state index is 0.811. The maximum absolute atomic E-state index is 5.31. The molecule has 0 spiro atoms. The van der Waals surface area contributed by atoms with Crippen molar-refractivity contribution >= 4 is 0 Å². The molecule has 0 rings (SSSR count). The van der Waals surface area contributed by atoms with Crippen molar-refractivity contribution in [2.45, 2.75) is 26.7 Å². The van der Waals surface area contributed by atoms with Gasteiger partial charge < -0.3 is 19.7 Å². The second kappa shape index (κ2) is 13.9. The van der Waals surface area contributed by atoms with Crippen LogP contribution in [0.5, 0.6) is 0 Å². The van der Waals surface area contributed by atoms with Crippen molar-refractivity contribution in [1.29, 1.82) is 0 Å².